The van der Waals surface area contributed by atoms with Gasteiger partial charge in [-0.1, -0.05) is 80.4 Å². The molecule has 118 valence electrons. The Balaban J connectivity index is 2.46. The molecule has 0 spiro atoms. The first-order valence-corrected chi connectivity index (χ1v) is 8.61. The van der Waals surface area contributed by atoms with Gasteiger partial charge in [-0.3, -0.25) is 0 Å². The first kappa shape index (κ1) is 17.4. The molecule has 1 aromatic rings. The standard InChI is InChI=1S/C17H18Br2O3/c1-12(2)22-15(20)17(21,13-6-4-3-5-7-13)14-8-10-16(18,19)11-9-14/h3-10,12,21H,11H2,1-2H3. The van der Waals surface area contributed by atoms with E-state index in [-0.39, 0.29) is 9.34 Å². The van der Waals surface area contributed by atoms with Gasteiger partial charge in [0.25, 0.3) is 0 Å². The van der Waals surface area contributed by atoms with E-state index in [1.807, 2.05) is 18.2 Å². The third-order valence-corrected chi connectivity index (χ3v) is 4.52. The zero-order valence-corrected chi connectivity index (χ0v) is 15.6. The summed E-state index contributed by atoms with van der Waals surface area (Å²) in [5, 5.41) is 11.2. The van der Waals surface area contributed by atoms with Gasteiger partial charge >= 0.3 is 5.97 Å². The van der Waals surface area contributed by atoms with Gasteiger partial charge in [-0.25, -0.2) is 4.79 Å². The van der Waals surface area contributed by atoms with Crippen LogP contribution in [0.15, 0.2) is 54.1 Å². The van der Waals surface area contributed by atoms with Gasteiger partial charge in [0.15, 0.2) is 0 Å². The number of halogens is 2. The van der Waals surface area contributed by atoms with Crippen LogP contribution < -0.4 is 0 Å². The molecule has 2 rings (SSSR count). The van der Waals surface area contributed by atoms with Gasteiger partial charge in [-0.15, -0.1) is 0 Å². The molecule has 22 heavy (non-hydrogen) atoms. The molecule has 1 N–H and O–H groups in total. The first-order chi connectivity index (χ1) is 10.3. The van der Waals surface area contributed by atoms with Crippen LogP contribution in [0.25, 0.3) is 0 Å². The highest BCUT2D eigenvalue weighted by Crippen LogP contribution is 2.41. The fourth-order valence-corrected chi connectivity index (χ4v) is 2.83. The van der Waals surface area contributed by atoms with Crippen LogP contribution in [0.2, 0.25) is 0 Å². The summed E-state index contributed by atoms with van der Waals surface area (Å²) >= 11 is 7.02. The number of allylic oxidation sites excluding steroid dienone is 2. The molecule has 3 nitrogen and oxygen atoms in total. The summed E-state index contributed by atoms with van der Waals surface area (Å²) < 4.78 is 4.94. The van der Waals surface area contributed by atoms with Gasteiger partial charge in [0, 0.05) is 0 Å². The quantitative estimate of drug-likeness (QED) is 0.576. The van der Waals surface area contributed by atoms with Gasteiger partial charge in [-0.2, -0.15) is 0 Å². The molecule has 1 unspecified atom stereocenters. The minimum Gasteiger partial charge on any atom is -0.460 e. The number of alkyl halides is 2. The van der Waals surface area contributed by atoms with Crippen LogP contribution in [0.1, 0.15) is 25.8 Å². The highest BCUT2D eigenvalue weighted by molar-refractivity contribution is 9.25. The average molecular weight is 430 g/mol. The van der Waals surface area contributed by atoms with Gasteiger partial charge in [0.2, 0.25) is 5.60 Å². The fraction of sp³-hybridized carbons (Fsp3) is 0.353. The maximum atomic E-state index is 12.6. The van der Waals surface area contributed by atoms with Crippen molar-refractivity contribution in [3.63, 3.8) is 0 Å². The van der Waals surface area contributed by atoms with Gasteiger partial charge in [-0.05, 0) is 31.4 Å². The topological polar surface area (TPSA) is 46.5 Å². The number of carbonyl (C=O) groups is 1. The van der Waals surface area contributed by atoms with E-state index in [4.69, 9.17) is 4.74 Å². The third kappa shape index (κ3) is 3.70. The molecule has 0 aliphatic heterocycles. The number of carbonyl (C=O) groups excluding carboxylic acids is 1. The van der Waals surface area contributed by atoms with E-state index < -0.39 is 11.6 Å². The summed E-state index contributed by atoms with van der Waals surface area (Å²) in [7, 11) is 0. The van der Waals surface area contributed by atoms with Crippen LogP contribution in [-0.2, 0) is 15.1 Å². The zero-order valence-electron chi connectivity index (χ0n) is 12.4. The number of benzene rings is 1. The van der Waals surface area contributed by atoms with Crippen molar-refractivity contribution >= 4 is 37.8 Å². The minimum absolute atomic E-state index is 0.303. The van der Waals surface area contributed by atoms with E-state index >= 15 is 0 Å². The van der Waals surface area contributed by atoms with E-state index in [9.17, 15) is 9.90 Å². The number of hydrogen-bond donors (Lipinski definition) is 1. The van der Waals surface area contributed by atoms with Crippen molar-refractivity contribution in [3.05, 3.63) is 59.7 Å². The molecule has 1 aromatic carbocycles. The van der Waals surface area contributed by atoms with Gasteiger partial charge in [0.1, 0.15) is 3.23 Å². The second-order valence-electron chi connectivity index (χ2n) is 5.49. The number of esters is 1. The minimum atomic E-state index is -1.81. The molecule has 1 atom stereocenters. The lowest BCUT2D eigenvalue weighted by molar-refractivity contribution is -0.166. The molecule has 0 amide bonds. The maximum absolute atomic E-state index is 12.6. The Morgan fingerprint density at radius 1 is 1.32 bits per heavy atom. The smallest absolute Gasteiger partial charge is 0.347 e. The predicted molar refractivity (Wildman–Crippen MR) is 94.0 cm³/mol. The Kier molecular flexibility index (Phi) is 5.30. The summed E-state index contributed by atoms with van der Waals surface area (Å²) in [6.07, 6.45) is 5.73. The summed E-state index contributed by atoms with van der Waals surface area (Å²) in [6, 6.07) is 8.86. The summed E-state index contributed by atoms with van der Waals surface area (Å²) in [6.45, 7) is 3.52. The van der Waals surface area contributed by atoms with Crippen molar-refractivity contribution in [1.82, 2.24) is 0 Å². The molecule has 0 radical (unpaired) electrons. The van der Waals surface area contributed by atoms with E-state index in [1.54, 1.807) is 44.2 Å². The lowest BCUT2D eigenvalue weighted by Gasteiger charge is -2.31. The van der Waals surface area contributed by atoms with Crippen LogP contribution in [-0.4, -0.2) is 20.4 Å². The molecule has 1 aliphatic rings. The number of rotatable bonds is 4. The van der Waals surface area contributed by atoms with Crippen molar-refractivity contribution in [2.24, 2.45) is 0 Å². The van der Waals surface area contributed by atoms with Gasteiger partial charge in [0.05, 0.1) is 6.10 Å². The van der Waals surface area contributed by atoms with Gasteiger partial charge < -0.3 is 9.84 Å². The van der Waals surface area contributed by atoms with E-state index in [2.05, 4.69) is 31.9 Å². The van der Waals surface area contributed by atoms with Crippen molar-refractivity contribution in [3.8, 4) is 0 Å². The molecular formula is C17H18Br2O3. The molecule has 0 aromatic heterocycles. The Bertz CT molecular complexity index is 606. The Morgan fingerprint density at radius 3 is 2.45 bits per heavy atom. The van der Waals surface area contributed by atoms with Crippen molar-refractivity contribution in [2.45, 2.75) is 35.2 Å². The van der Waals surface area contributed by atoms with Crippen LogP contribution in [0.5, 0.6) is 0 Å². The highest BCUT2D eigenvalue weighted by Gasteiger charge is 2.44. The second-order valence-corrected chi connectivity index (χ2v) is 9.38. The van der Waals surface area contributed by atoms with Crippen LogP contribution >= 0.6 is 31.9 Å². The zero-order chi connectivity index (χ0) is 16.4. The van der Waals surface area contributed by atoms with Crippen molar-refractivity contribution < 1.29 is 14.6 Å². The average Bonchev–Trinajstić information content (AvgIpc) is 2.46. The summed E-state index contributed by atoms with van der Waals surface area (Å²) in [4.78, 5) is 12.6. The molecule has 0 fully saturated rings. The largest absolute Gasteiger partial charge is 0.460 e. The predicted octanol–water partition coefficient (Wildman–Crippen LogP) is 4.20. The SMILES string of the molecule is CC(C)OC(=O)C(O)(C1=CCC(Br)(Br)C=C1)c1ccccc1. The maximum Gasteiger partial charge on any atom is 0.347 e. The van der Waals surface area contributed by atoms with E-state index in [0.29, 0.717) is 17.6 Å². The number of aliphatic hydroxyl groups is 1. The molecule has 0 bridgehead atoms. The molecule has 1 aliphatic carbocycles. The summed E-state index contributed by atoms with van der Waals surface area (Å²) in [5.41, 5.74) is -0.800. The van der Waals surface area contributed by atoms with Crippen LogP contribution in [0.3, 0.4) is 0 Å². The molecule has 0 saturated heterocycles. The monoisotopic (exact) mass is 428 g/mol. The lowest BCUT2D eigenvalue weighted by Crippen LogP contribution is -2.40. The van der Waals surface area contributed by atoms with Crippen LogP contribution in [0, 0.1) is 0 Å². The number of ether oxygens (including phenoxy) is 1. The van der Waals surface area contributed by atoms with Crippen molar-refractivity contribution in [1.29, 1.82) is 0 Å². The molecule has 0 saturated carbocycles. The Labute approximate surface area is 147 Å². The molecule has 5 heteroatoms. The third-order valence-electron chi connectivity index (χ3n) is 3.35. The molecular weight excluding hydrogens is 412 g/mol. The summed E-state index contributed by atoms with van der Waals surface area (Å²) in [5.74, 6) is -0.666. The Hall–Kier alpha value is -0.910. The van der Waals surface area contributed by atoms with Crippen LogP contribution in [0.4, 0.5) is 0 Å². The fourth-order valence-electron chi connectivity index (χ4n) is 2.24. The lowest BCUT2D eigenvalue weighted by atomic mass is 9.83. The van der Waals surface area contributed by atoms with E-state index in [1.165, 1.54) is 0 Å². The van der Waals surface area contributed by atoms with Crippen molar-refractivity contribution in [2.75, 3.05) is 0 Å². The second kappa shape index (κ2) is 6.69. The first-order valence-electron chi connectivity index (χ1n) is 7.02. The highest BCUT2D eigenvalue weighted by atomic mass is 79.9. The Morgan fingerprint density at radius 2 is 1.95 bits per heavy atom. The van der Waals surface area contributed by atoms with E-state index in [0.717, 1.165) is 0 Å². The normalized spacial score (nSPS) is 19.5. The molecule has 0 heterocycles. The number of hydrogen-bond acceptors (Lipinski definition) is 3.